The van der Waals surface area contributed by atoms with Crippen molar-refractivity contribution in [2.75, 3.05) is 31.6 Å². The van der Waals surface area contributed by atoms with E-state index >= 15 is 0 Å². The highest BCUT2D eigenvalue weighted by Gasteiger charge is 2.29. The number of para-hydroxylation sites is 1. The molecule has 26 heavy (non-hydrogen) atoms. The first-order valence-corrected chi connectivity index (χ1v) is 8.82. The second kappa shape index (κ2) is 8.67. The lowest BCUT2D eigenvalue weighted by Crippen LogP contribution is -2.38. The Morgan fingerprint density at radius 3 is 2.77 bits per heavy atom. The van der Waals surface area contributed by atoms with Gasteiger partial charge in [-0.3, -0.25) is 4.79 Å². The van der Waals surface area contributed by atoms with Gasteiger partial charge in [0.15, 0.2) is 0 Å². The number of halogens is 1. The number of ether oxygens (including phenoxy) is 1. The van der Waals surface area contributed by atoms with E-state index in [0.717, 1.165) is 18.5 Å². The Kier molecular flexibility index (Phi) is 6.07. The summed E-state index contributed by atoms with van der Waals surface area (Å²) in [5.74, 6) is 0.232. The summed E-state index contributed by atoms with van der Waals surface area (Å²) in [6.07, 6.45) is 1.75. The molecular weight excluding hydrogens is 335 g/mol. The number of rotatable bonds is 7. The number of carbonyl (C=O) groups excluding carboxylic acids is 1. The summed E-state index contributed by atoms with van der Waals surface area (Å²) in [7, 11) is 0. The topological polar surface area (TPSA) is 61.8 Å². The minimum atomic E-state index is -0.300. The number of likely N-dealkylation sites (tertiary alicyclic amines) is 1. The number of hydrogen-bond acceptors (Lipinski definition) is 4. The Hall–Kier alpha value is -2.60. The van der Waals surface area contributed by atoms with Crippen molar-refractivity contribution < 1.29 is 19.0 Å². The molecule has 5 nitrogen and oxygen atoms in total. The average molecular weight is 358 g/mol. The van der Waals surface area contributed by atoms with Crippen molar-refractivity contribution in [1.82, 2.24) is 4.90 Å². The Morgan fingerprint density at radius 2 is 2.00 bits per heavy atom. The van der Waals surface area contributed by atoms with Crippen LogP contribution in [-0.2, 0) is 0 Å². The lowest BCUT2D eigenvalue weighted by molar-refractivity contribution is 0.0678. The van der Waals surface area contributed by atoms with E-state index in [9.17, 15) is 14.3 Å². The van der Waals surface area contributed by atoms with Gasteiger partial charge in [-0.15, -0.1) is 0 Å². The van der Waals surface area contributed by atoms with Crippen LogP contribution in [0.25, 0.3) is 0 Å². The molecule has 2 aromatic rings. The van der Waals surface area contributed by atoms with Crippen LogP contribution in [0.4, 0.5) is 10.1 Å². The van der Waals surface area contributed by atoms with Crippen LogP contribution < -0.4 is 10.1 Å². The minimum absolute atomic E-state index is 0.00710. The second-order valence-electron chi connectivity index (χ2n) is 6.25. The monoisotopic (exact) mass is 358 g/mol. The lowest BCUT2D eigenvalue weighted by Gasteiger charge is -2.24. The van der Waals surface area contributed by atoms with E-state index in [4.69, 9.17) is 4.74 Å². The van der Waals surface area contributed by atoms with Crippen LogP contribution in [0.3, 0.4) is 0 Å². The van der Waals surface area contributed by atoms with Gasteiger partial charge in [-0.1, -0.05) is 12.1 Å². The number of aliphatic hydroxyl groups excluding tert-OH is 1. The molecule has 0 radical (unpaired) electrons. The Morgan fingerprint density at radius 1 is 1.23 bits per heavy atom. The van der Waals surface area contributed by atoms with E-state index in [1.54, 1.807) is 23.1 Å². The molecule has 1 amide bonds. The average Bonchev–Trinajstić information content (AvgIpc) is 3.15. The summed E-state index contributed by atoms with van der Waals surface area (Å²) in [4.78, 5) is 14.6. The number of anilines is 1. The van der Waals surface area contributed by atoms with Crippen molar-refractivity contribution >= 4 is 11.6 Å². The van der Waals surface area contributed by atoms with Crippen molar-refractivity contribution in [3.05, 3.63) is 59.9 Å². The Labute approximate surface area is 152 Å². The molecule has 6 heteroatoms. The van der Waals surface area contributed by atoms with Crippen molar-refractivity contribution in [1.29, 1.82) is 0 Å². The Balaban J connectivity index is 1.58. The van der Waals surface area contributed by atoms with Gasteiger partial charge in [0.1, 0.15) is 18.2 Å². The van der Waals surface area contributed by atoms with Gasteiger partial charge in [0.05, 0.1) is 18.2 Å². The Bertz CT molecular complexity index is 736. The summed E-state index contributed by atoms with van der Waals surface area (Å²) in [6, 6.07) is 13.1. The number of amides is 1. The first kappa shape index (κ1) is 18.2. The van der Waals surface area contributed by atoms with Crippen molar-refractivity contribution in [3.63, 3.8) is 0 Å². The molecule has 2 aromatic carbocycles. The molecule has 2 N–H and O–H groups in total. The fraction of sp³-hybridized carbons (Fsp3) is 0.350. The highest BCUT2D eigenvalue weighted by molar-refractivity contribution is 5.99. The maximum atomic E-state index is 12.9. The van der Waals surface area contributed by atoms with Gasteiger partial charge < -0.3 is 20.1 Å². The van der Waals surface area contributed by atoms with Crippen LogP contribution >= 0.6 is 0 Å². The third-order valence-electron chi connectivity index (χ3n) is 4.51. The van der Waals surface area contributed by atoms with Crippen molar-refractivity contribution in [3.8, 4) is 5.75 Å². The third-order valence-corrected chi connectivity index (χ3v) is 4.51. The zero-order valence-corrected chi connectivity index (χ0v) is 14.5. The maximum absolute atomic E-state index is 12.9. The molecule has 1 atom stereocenters. The number of aliphatic hydroxyl groups is 1. The zero-order valence-electron chi connectivity index (χ0n) is 14.5. The van der Waals surface area contributed by atoms with E-state index in [1.165, 1.54) is 12.1 Å². The molecular formula is C20H23FN2O3. The van der Waals surface area contributed by atoms with Gasteiger partial charge >= 0.3 is 0 Å². The molecule has 0 spiro atoms. The normalized spacial score (nSPS) is 16.5. The maximum Gasteiger partial charge on any atom is 0.256 e. The summed E-state index contributed by atoms with van der Waals surface area (Å²) in [5, 5.41) is 12.7. The predicted octanol–water partition coefficient (Wildman–Crippen LogP) is 2.91. The zero-order chi connectivity index (χ0) is 18.4. The molecule has 1 heterocycles. The van der Waals surface area contributed by atoms with Crippen molar-refractivity contribution in [2.24, 2.45) is 0 Å². The van der Waals surface area contributed by atoms with Gasteiger partial charge in [-0.05, 0) is 49.2 Å². The molecule has 1 fully saturated rings. The fourth-order valence-electron chi connectivity index (χ4n) is 3.16. The molecule has 138 valence electrons. The largest absolute Gasteiger partial charge is 0.492 e. The second-order valence-corrected chi connectivity index (χ2v) is 6.25. The molecule has 1 aliphatic heterocycles. The molecule has 0 bridgehead atoms. The van der Waals surface area contributed by atoms with Crippen LogP contribution in [0.2, 0.25) is 0 Å². The summed E-state index contributed by atoms with van der Waals surface area (Å²) >= 11 is 0. The molecule has 3 rings (SSSR count). The summed E-state index contributed by atoms with van der Waals surface area (Å²) in [6.45, 7) is 1.56. The molecule has 0 saturated carbocycles. The third kappa shape index (κ3) is 4.32. The number of nitrogens with zero attached hydrogens (tertiary/aromatic N) is 1. The highest BCUT2D eigenvalue weighted by atomic mass is 19.1. The van der Waals surface area contributed by atoms with Crippen LogP contribution in [0.15, 0.2) is 48.5 Å². The molecule has 0 aromatic heterocycles. The number of hydrogen-bond donors (Lipinski definition) is 2. The molecule has 1 saturated heterocycles. The number of carbonyl (C=O) groups is 1. The number of benzene rings is 2. The molecule has 1 aliphatic rings. The van der Waals surface area contributed by atoms with Crippen LogP contribution in [0, 0.1) is 5.82 Å². The van der Waals surface area contributed by atoms with Crippen LogP contribution in [-0.4, -0.2) is 48.3 Å². The van der Waals surface area contributed by atoms with E-state index < -0.39 is 0 Å². The highest BCUT2D eigenvalue weighted by Crippen LogP contribution is 2.23. The van der Waals surface area contributed by atoms with Crippen LogP contribution in [0.5, 0.6) is 5.75 Å². The quantitative estimate of drug-likeness (QED) is 0.747. The van der Waals surface area contributed by atoms with E-state index in [-0.39, 0.29) is 24.4 Å². The summed E-state index contributed by atoms with van der Waals surface area (Å²) < 4.78 is 18.4. The van der Waals surface area contributed by atoms with E-state index in [0.29, 0.717) is 31.0 Å². The molecule has 0 aliphatic carbocycles. The van der Waals surface area contributed by atoms with Gasteiger partial charge in [-0.25, -0.2) is 4.39 Å². The smallest absolute Gasteiger partial charge is 0.256 e. The standard InChI is InChI=1S/C20H23FN2O3/c21-15-7-9-17(10-8-15)26-13-11-22-19-6-2-1-5-18(19)20(25)23-12-3-4-16(23)14-24/h1-2,5-10,16,22,24H,3-4,11-14H2. The first-order valence-electron chi connectivity index (χ1n) is 8.82. The van der Waals surface area contributed by atoms with Crippen LogP contribution in [0.1, 0.15) is 23.2 Å². The first-order chi connectivity index (χ1) is 12.7. The van der Waals surface area contributed by atoms with E-state index in [2.05, 4.69) is 5.32 Å². The van der Waals surface area contributed by atoms with Gasteiger partial charge in [0.25, 0.3) is 5.91 Å². The number of nitrogens with one attached hydrogen (secondary N) is 1. The lowest BCUT2D eigenvalue weighted by atomic mass is 10.1. The van der Waals surface area contributed by atoms with Crippen molar-refractivity contribution in [2.45, 2.75) is 18.9 Å². The van der Waals surface area contributed by atoms with E-state index in [1.807, 2.05) is 18.2 Å². The fourth-order valence-corrected chi connectivity index (χ4v) is 3.16. The SMILES string of the molecule is O=C(c1ccccc1NCCOc1ccc(F)cc1)N1CCCC1CO. The summed E-state index contributed by atoms with van der Waals surface area (Å²) in [5.41, 5.74) is 1.33. The van der Waals surface area contributed by atoms with Gasteiger partial charge in [0, 0.05) is 18.8 Å². The minimum Gasteiger partial charge on any atom is -0.492 e. The molecule has 1 unspecified atom stereocenters. The predicted molar refractivity (Wildman–Crippen MR) is 98.0 cm³/mol. The van der Waals surface area contributed by atoms with Gasteiger partial charge in [0.2, 0.25) is 0 Å². The van der Waals surface area contributed by atoms with Gasteiger partial charge in [-0.2, -0.15) is 0 Å².